The van der Waals surface area contributed by atoms with Gasteiger partial charge in [-0.2, -0.15) is 0 Å². The molecule has 1 heteroatoms. The van der Waals surface area contributed by atoms with Crippen molar-refractivity contribution in [2.45, 2.75) is 26.2 Å². The Labute approximate surface area is 120 Å². The third-order valence-corrected chi connectivity index (χ3v) is 3.71. The summed E-state index contributed by atoms with van der Waals surface area (Å²) < 4.78 is 5.97. The Morgan fingerprint density at radius 3 is 2.35 bits per heavy atom. The van der Waals surface area contributed by atoms with Gasteiger partial charge in [-0.15, -0.1) is 0 Å². The van der Waals surface area contributed by atoms with Gasteiger partial charge in [-0.25, -0.2) is 0 Å². The van der Waals surface area contributed by atoms with Crippen LogP contribution in [0.15, 0.2) is 54.6 Å². The normalized spacial score (nSPS) is 11.1. The number of hydrogen-bond donors (Lipinski definition) is 0. The highest BCUT2D eigenvalue weighted by atomic mass is 16.5. The summed E-state index contributed by atoms with van der Waals surface area (Å²) in [6.45, 7) is 3.02. The Balaban J connectivity index is 1.97. The van der Waals surface area contributed by atoms with Gasteiger partial charge >= 0.3 is 0 Å². The fraction of sp³-hybridized carbons (Fsp3) is 0.263. The number of hydrogen-bond acceptors (Lipinski definition) is 1. The first kappa shape index (κ1) is 13.0. The molecule has 0 aliphatic heterocycles. The van der Waals surface area contributed by atoms with Crippen molar-refractivity contribution in [3.63, 3.8) is 0 Å². The van der Waals surface area contributed by atoms with E-state index in [9.17, 15) is 0 Å². The van der Waals surface area contributed by atoms with E-state index in [1.54, 1.807) is 0 Å². The summed E-state index contributed by atoms with van der Waals surface area (Å²) >= 11 is 0. The van der Waals surface area contributed by atoms with Crippen LogP contribution in [0, 0.1) is 0 Å². The largest absolute Gasteiger partial charge is 0.493 e. The second-order valence-electron chi connectivity index (χ2n) is 5.23. The first-order valence-corrected chi connectivity index (χ1v) is 7.43. The van der Waals surface area contributed by atoms with Crippen LogP contribution in [0.5, 0.6) is 5.75 Å². The molecular formula is C19H20O. The van der Waals surface area contributed by atoms with E-state index in [-0.39, 0.29) is 0 Å². The Bertz CT molecular complexity index is 715. The number of rotatable bonds is 5. The molecule has 0 unspecified atom stereocenters. The van der Waals surface area contributed by atoms with Gasteiger partial charge in [-0.1, -0.05) is 56.2 Å². The molecule has 0 atom stereocenters. The summed E-state index contributed by atoms with van der Waals surface area (Å²) in [4.78, 5) is 0. The highest BCUT2D eigenvalue weighted by Gasteiger charge is 2.03. The summed E-state index contributed by atoms with van der Waals surface area (Å²) in [5.41, 5.74) is 0. The van der Waals surface area contributed by atoms with Crippen LogP contribution in [0.25, 0.3) is 21.5 Å². The lowest BCUT2D eigenvalue weighted by atomic mass is 10.0. The van der Waals surface area contributed by atoms with Gasteiger partial charge < -0.3 is 4.74 Å². The molecule has 0 aliphatic rings. The topological polar surface area (TPSA) is 9.23 Å². The molecule has 0 saturated carbocycles. The third-order valence-electron chi connectivity index (χ3n) is 3.71. The lowest BCUT2D eigenvalue weighted by Crippen LogP contribution is -1.97. The molecule has 0 aromatic heterocycles. The smallest absolute Gasteiger partial charge is 0.127 e. The molecule has 0 N–H and O–H groups in total. The lowest BCUT2D eigenvalue weighted by molar-refractivity contribution is 0.310. The highest BCUT2D eigenvalue weighted by Crippen LogP contribution is 2.30. The first-order valence-electron chi connectivity index (χ1n) is 7.43. The van der Waals surface area contributed by atoms with Crippen LogP contribution >= 0.6 is 0 Å². The highest BCUT2D eigenvalue weighted by molar-refractivity contribution is 6.00. The van der Waals surface area contributed by atoms with Crippen LogP contribution in [0.2, 0.25) is 0 Å². The number of unbranched alkanes of at least 4 members (excludes halogenated alkanes) is 2. The zero-order valence-electron chi connectivity index (χ0n) is 11.9. The molecule has 0 bridgehead atoms. The van der Waals surface area contributed by atoms with E-state index in [4.69, 9.17) is 4.74 Å². The Morgan fingerprint density at radius 2 is 1.55 bits per heavy atom. The van der Waals surface area contributed by atoms with Crippen molar-refractivity contribution in [1.29, 1.82) is 0 Å². The van der Waals surface area contributed by atoms with Crippen molar-refractivity contribution in [2.75, 3.05) is 6.61 Å². The molecule has 0 aliphatic carbocycles. The molecule has 3 aromatic carbocycles. The van der Waals surface area contributed by atoms with Gasteiger partial charge in [-0.05, 0) is 40.8 Å². The minimum Gasteiger partial charge on any atom is -0.493 e. The Morgan fingerprint density at radius 1 is 0.800 bits per heavy atom. The third kappa shape index (κ3) is 2.62. The minimum absolute atomic E-state index is 0.805. The summed E-state index contributed by atoms with van der Waals surface area (Å²) in [5, 5.41) is 5.01. The maximum Gasteiger partial charge on any atom is 0.127 e. The van der Waals surface area contributed by atoms with Crippen molar-refractivity contribution < 1.29 is 4.74 Å². The van der Waals surface area contributed by atoms with E-state index in [0.29, 0.717) is 0 Å². The fourth-order valence-electron chi connectivity index (χ4n) is 2.60. The molecule has 102 valence electrons. The average Bonchev–Trinajstić information content (AvgIpc) is 2.50. The van der Waals surface area contributed by atoms with Gasteiger partial charge in [0.05, 0.1) is 6.61 Å². The van der Waals surface area contributed by atoms with E-state index in [1.807, 2.05) is 0 Å². The second kappa shape index (κ2) is 5.96. The van der Waals surface area contributed by atoms with E-state index < -0.39 is 0 Å². The Kier molecular flexibility index (Phi) is 3.87. The van der Waals surface area contributed by atoms with Gasteiger partial charge in [0.2, 0.25) is 0 Å². The van der Waals surface area contributed by atoms with Crippen LogP contribution < -0.4 is 4.74 Å². The van der Waals surface area contributed by atoms with Crippen molar-refractivity contribution in [1.82, 2.24) is 0 Å². The first-order chi connectivity index (χ1) is 9.88. The standard InChI is InChI=1S/C19H20O/c1-2-3-6-12-20-19-11-7-10-17-13-15-8-4-5-9-16(15)14-18(17)19/h4-5,7-11,13-14H,2-3,6,12H2,1H3. The quantitative estimate of drug-likeness (QED) is 0.433. The molecule has 0 amide bonds. The summed E-state index contributed by atoms with van der Waals surface area (Å²) in [5.74, 6) is 1.00. The molecular weight excluding hydrogens is 244 g/mol. The van der Waals surface area contributed by atoms with Gasteiger partial charge in [-0.3, -0.25) is 0 Å². The number of fused-ring (bicyclic) bond motifs is 2. The molecule has 0 spiro atoms. The summed E-state index contributed by atoms with van der Waals surface area (Å²) in [6, 6.07) is 19.3. The zero-order valence-corrected chi connectivity index (χ0v) is 11.9. The SMILES string of the molecule is CCCCCOc1cccc2cc3ccccc3cc12. The molecule has 0 heterocycles. The fourth-order valence-corrected chi connectivity index (χ4v) is 2.60. The molecule has 0 radical (unpaired) electrons. The van der Waals surface area contributed by atoms with Crippen LogP contribution in [0.4, 0.5) is 0 Å². The maximum atomic E-state index is 5.97. The van der Waals surface area contributed by atoms with Gasteiger partial charge in [0.25, 0.3) is 0 Å². The average molecular weight is 264 g/mol. The predicted octanol–water partition coefficient (Wildman–Crippen LogP) is 5.56. The summed E-state index contributed by atoms with van der Waals surface area (Å²) in [7, 11) is 0. The maximum absolute atomic E-state index is 5.97. The number of benzene rings is 3. The van der Waals surface area contributed by atoms with Crippen molar-refractivity contribution in [3.05, 3.63) is 54.6 Å². The van der Waals surface area contributed by atoms with E-state index in [0.717, 1.165) is 18.8 Å². The van der Waals surface area contributed by atoms with Gasteiger partial charge in [0, 0.05) is 5.39 Å². The molecule has 3 aromatic rings. The van der Waals surface area contributed by atoms with Crippen molar-refractivity contribution in [3.8, 4) is 5.75 Å². The number of ether oxygens (including phenoxy) is 1. The molecule has 1 nitrogen and oxygen atoms in total. The van der Waals surface area contributed by atoms with Crippen molar-refractivity contribution >= 4 is 21.5 Å². The van der Waals surface area contributed by atoms with E-state index >= 15 is 0 Å². The zero-order chi connectivity index (χ0) is 13.8. The summed E-state index contributed by atoms with van der Waals surface area (Å²) in [6.07, 6.45) is 3.58. The minimum atomic E-state index is 0.805. The van der Waals surface area contributed by atoms with Crippen LogP contribution in [0.3, 0.4) is 0 Å². The monoisotopic (exact) mass is 264 g/mol. The van der Waals surface area contributed by atoms with Gasteiger partial charge in [0.15, 0.2) is 0 Å². The molecule has 0 saturated heterocycles. The lowest BCUT2D eigenvalue weighted by Gasteiger charge is -2.10. The molecule has 3 rings (SSSR count). The van der Waals surface area contributed by atoms with Crippen molar-refractivity contribution in [2.24, 2.45) is 0 Å². The van der Waals surface area contributed by atoms with Crippen LogP contribution in [-0.4, -0.2) is 6.61 Å². The molecule has 20 heavy (non-hydrogen) atoms. The van der Waals surface area contributed by atoms with Crippen LogP contribution in [0.1, 0.15) is 26.2 Å². The van der Waals surface area contributed by atoms with E-state index in [2.05, 4.69) is 61.5 Å². The second-order valence-corrected chi connectivity index (χ2v) is 5.23. The van der Waals surface area contributed by atoms with Crippen LogP contribution in [-0.2, 0) is 0 Å². The van der Waals surface area contributed by atoms with E-state index in [1.165, 1.54) is 34.4 Å². The Hall–Kier alpha value is -2.02. The predicted molar refractivity (Wildman–Crippen MR) is 86.5 cm³/mol. The molecule has 0 fully saturated rings. The van der Waals surface area contributed by atoms with Gasteiger partial charge in [0.1, 0.15) is 5.75 Å².